The molecule has 0 aliphatic heterocycles. The fourth-order valence-electron chi connectivity index (χ4n) is 3.95. The summed E-state index contributed by atoms with van der Waals surface area (Å²) in [5.74, 6) is 1.20. The van der Waals surface area contributed by atoms with Crippen LogP contribution in [0.1, 0.15) is 42.5 Å². The summed E-state index contributed by atoms with van der Waals surface area (Å²) < 4.78 is 15.8. The van der Waals surface area contributed by atoms with E-state index in [1.807, 2.05) is 18.2 Å². The van der Waals surface area contributed by atoms with Crippen LogP contribution in [0.3, 0.4) is 0 Å². The second-order valence-corrected chi connectivity index (χ2v) is 8.89. The van der Waals surface area contributed by atoms with Crippen molar-refractivity contribution < 1.29 is 23.8 Å². The van der Waals surface area contributed by atoms with Gasteiger partial charge in [0.1, 0.15) is 6.54 Å². The summed E-state index contributed by atoms with van der Waals surface area (Å²) in [6.07, 6.45) is 6.25. The van der Waals surface area contributed by atoms with Gasteiger partial charge in [-0.3, -0.25) is 9.59 Å². The van der Waals surface area contributed by atoms with Gasteiger partial charge >= 0.3 is 5.97 Å². The van der Waals surface area contributed by atoms with E-state index in [1.54, 1.807) is 12.1 Å². The van der Waals surface area contributed by atoms with Gasteiger partial charge in [-0.1, -0.05) is 37.5 Å². The minimum atomic E-state index is -0.411. The van der Waals surface area contributed by atoms with Gasteiger partial charge in [0.05, 0.1) is 33.5 Å². The van der Waals surface area contributed by atoms with E-state index in [9.17, 15) is 9.59 Å². The van der Waals surface area contributed by atoms with Crippen LogP contribution in [0, 0.1) is 5.92 Å². The molecule has 0 unspecified atom stereocenters. The maximum atomic E-state index is 12.0. The molecule has 1 saturated carbocycles. The first-order valence-electron chi connectivity index (χ1n) is 13.2. The quantitative estimate of drug-likeness (QED) is 0.177. The standard InChI is InChI=1S/C26H39N7O5/c1-36-22(34)19-30-26-32-24(31-25(33-26)29-18-20-8-4-2-5-9-20)28-13-15-38-17-16-37-14-12-27-23(35)21-10-6-3-7-11-21/h3,6-7,10-11,20H,2,4-5,8-9,12-19H2,1H3,(H,27,35)(H3,28,29,30,31,32,33). The third-order valence-corrected chi connectivity index (χ3v) is 6.00. The number of ether oxygens (including phenoxy) is 3. The first kappa shape index (κ1) is 29.1. The zero-order valence-electron chi connectivity index (χ0n) is 22.0. The van der Waals surface area contributed by atoms with Crippen molar-refractivity contribution in [1.82, 2.24) is 20.3 Å². The number of anilines is 3. The number of carbonyl (C=O) groups excluding carboxylic acids is 2. The number of aromatic nitrogens is 3. The fourth-order valence-corrected chi connectivity index (χ4v) is 3.95. The molecular formula is C26H39N7O5. The second-order valence-electron chi connectivity index (χ2n) is 8.89. The third kappa shape index (κ3) is 11.3. The van der Waals surface area contributed by atoms with Crippen molar-refractivity contribution in [1.29, 1.82) is 0 Å². The normalized spacial score (nSPS) is 13.5. The molecule has 1 amide bonds. The minimum absolute atomic E-state index is 0.0406. The SMILES string of the molecule is COC(=O)CNc1nc(NCCOCCOCCNC(=O)c2ccccc2)nc(NCC2CCCCC2)n1. The van der Waals surface area contributed by atoms with Gasteiger partial charge in [0.15, 0.2) is 0 Å². The van der Waals surface area contributed by atoms with E-state index in [0.717, 1.165) is 6.54 Å². The predicted octanol–water partition coefficient (Wildman–Crippen LogP) is 2.32. The van der Waals surface area contributed by atoms with Crippen molar-refractivity contribution in [2.75, 3.05) is 75.7 Å². The highest BCUT2D eigenvalue weighted by molar-refractivity contribution is 5.94. The van der Waals surface area contributed by atoms with Gasteiger partial charge in [-0.25, -0.2) is 0 Å². The molecule has 1 aliphatic carbocycles. The Morgan fingerprint density at radius 1 is 0.816 bits per heavy atom. The van der Waals surface area contributed by atoms with Gasteiger partial charge in [-0.05, 0) is 30.9 Å². The fraction of sp³-hybridized carbons (Fsp3) is 0.577. The molecule has 0 radical (unpaired) electrons. The van der Waals surface area contributed by atoms with Gasteiger partial charge in [0.2, 0.25) is 17.8 Å². The Bertz CT molecular complexity index is 974. The topological polar surface area (TPSA) is 149 Å². The lowest BCUT2D eigenvalue weighted by Crippen LogP contribution is -2.27. The number of nitrogens with one attached hydrogen (secondary N) is 4. The lowest BCUT2D eigenvalue weighted by molar-refractivity contribution is -0.138. The average Bonchev–Trinajstić information content (AvgIpc) is 2.96. The van der Waals surface area contributed by atoms with Gasteiger partial charge < -0.3 is 35.5 Å². The maximum absolute atomic E-state index is 12.0. The summed E-state index contributed by atoms with van der Waals surface area (Å²) >= 11 is 0. The first-order chi connectivity index (χ1) is 18.6. The largest absolute Gasteiger partial charge is 0.468 e. The van der Waals surface area contributed by atoms with Crippen LogP contribution in [0.2, 0.25) is 0 Å². The molecule has 1 aliphatic rings. The van der Waals surface area contributed by atoms with Crippen LogP contribution in [0.5, 0.6) is 0 Å². The van der Waals surface area contributed by atoms with Gasteiger partial charge in [0, 0.05) is 25.2 Å². The van der Waals surface area contributed by atoms with Crippen molar-refractivity contribution in [3.63, 3.8) is 0 Å². The summed E-state index contributed by atoms with van der Waals surface area (Å²) in [5.41, 5.74) is 0.625. The van der Waals surface area contributed by atoms with Gasteiger partial charge in [-0.15, -0.1) is 0 Å². The summed E-state index contributed by atoms with van der Waals surface area (Å²) in [6, 6.07) is 9.06. The van der Waals surface area contributed by atoms with Crippen LogP contribution in [0.15, 0.2) is 30.3 Å². The van der Waals surface area contributed by atoms with Crippen molar-refractivity contribution in [2.45, 2.75) is 32.1 Å². The lowest BCUT2D eigenvalue weighted by Gasteiger charge is -2.21. The number of nitrogens with zero attached hydrogens (tertiary/aromatic N) is 3. The molecule has 1 aromatic heterocycles. The number of esters is 1. The molecule has 208 valence electrons. The van der Waals surface area contributed by atoms with Gasteiger partial charge in [-0.2, -0.15) is 15.0 Å². The molecule has 1 fully saturated rings. The smallest absolute Gasteiger partial charge is 0.325 e. The van der Waals surface area contributed by atoms with E-state index in [-0.39, 0.29) is 18.4 Å². The number of hydrogen-bond donors (Lipinski definition) is 4. The van der Waals surface area contributed by atoms with E-state index in [1.165, 1.54) is 39.2 Å². The molecule has 1 heterocycles. The number of benzene rings is 1. The molecule has 3 rings (SSSR count). The Hall–Kier alpha value is -3.51. The number of methoxy groups -OCH3 is 1. The van der Waals surface area contributed by atoms with E-state index in [2.05, 4.69) is 41.0 Å². The molecule has 1 aromatic carbocycles. The number of amides is 1. The van der Waals surface area contributed by atoms with Crippen LogP contribution in [-0.4, -0.2) is 86.5 Å². The Labute approximate surface area is 223 Å². The van der Waals surface area contributed by atoms with Crippen molar-refractivity contribution in [3.05, 3.63) is 35.9 Å². The van der Waals surface area contributed by atoms with E-state index >= 15 is 0 Å². The van der Waals surface area contributed by atoms with Crippen LogP contribution >= 0.6 is 0 Å². The van der Waals surface area contributed by atoms with E-state index in [4.69, 9.17) is 9.47 Å². The van der Waals surface area contributed by atoms with Crippen LogP contribution in [0.4, 0.5) is 17.8 Å². The molecule has 0 atom stereocenters. The van der Waals surface area contributed by atoms with E-state index < -0.39 is 5.97 Å². The van der Waals surface area contributed by atoms with Gasteiger partial charge in [0.25, 0.3) is 5.91 Å². The first-order valence-corrected chi connectivity index (χ1v) is 13.2. The highest BCUT2D eigenvalue weighted by Crippen LogP contribution is 2.23. The number of hydrogen-bond acceptors (Lipinski definition) is 11. The summed E-state index contributed by atoms with van der Waals surface area (Å²) in [6.45, 7) is 3.35. The highest BCUT2D eigenvalue weighted by Gasteiger charge is 2.15. The Morgan fingerprint density at radius 2 is 1.45 bits per heavy atom. The predicted molar refractivity (Wildman–Crippen MR) is 144 cm³/mol. The monoisotopic (exact) mass is 529 g/mol. The van der Waals surface area contributed by atoms with Crippen LogP contribution in [0.25, 0.3) is 0 Å². The molecule has 0 saturated heterocycles. The molecule has 4 N–H and O–H groups in total. The van der Waals surface area contributed by atoms with Crippen molar-refractivity contribution in [2.24, 2.45) is 5.92 Å². The summed E-state index contributed by atoms with van der Waals surface area (Å²) in [5, 5.41) is 12.1. The Morgan fingerprint density at radius 3 is 2.13 bits per heavy atom. The molecule has 2 aromatic rings. The molecule has 12 heteroatoms. The third-order valence-electron chi connectivity index (χ3n) is 6.00. The number of carbonyl (C=O) groups is 2. The van der Waals surface area contributed by atoms with Crippen LogP contribution < -0.4 is 21.3 Å². The van der Waals surface area contributed by atoms with Crippen LogP contribution in [-0.2, 0) is 19.0 Å². The summed E-state index contributed by atoms with van der Waals surface area (Å²) in [4.78, 5) is 36.6. The lowest BCUT2D eigenvalue weighted by atomic mass is 9.89. The zero-order valence-corrected chi connectivity index (χ0v) is 22.0. The summed E-state index contributed by atoms with van der Waals surface area (Å²) in [7, 11) is 1.33. The molecule has 0 bridgehead atoms. The maximum Gasteiger partial charge on any atom is 0.325 e. The second kappa shape index (κ2) is 17.1. The molecular weight excluding hydrogens is 490 g/mol. The molecule has 0 spiro atoms. The number of rotatable bonds is 17. The Balaban J connectivity index is 1.32. The molecule has 12 nitrogen and oxygen atoms in total. The Kier molecular flexibility index (Phi) is 13.1. The van der Waals surface area contributed by atoms with E-state index in [0.29, 0.717) is 62.9 Å². The average molecular weight is 530 g/mol. The molecule has 38 heavy (non-hydrogen) atoms. The minimum Gasteiger partial charge on any atom is -0.468 e. The van der Waals surface area contributed by atoms with Crippen molar-refractivity contribution >= 4 is 29.7 Å². The zero-order chi connectivity index (χ0) is 26.8. The van der Waals surface area contributed by atoms with Crippen molar-refractivity contribution in [3.8, 4) is 0 Å². The highest BCUT2D eigenvalue weighted by atomic mass is 16.5.